The zero-order valence-electron chi connectivity index (χ0n) is 9.65. The summed E-state index contributed by atoms with van der Waals surface area (Å²) in [5.74, 6) is -5.11. The predicted molar refractivity (Wildman–Crippen MR) is 47.4 cm³/mol. The summed E-state index contributed by atoms with van der Waals surface area (Å²) in [6, 6.07) is 0. The van der Waals surface area contributed by atoms with Gasteiger partial charge in [-0.25, -0.2) is 4.79 Å². The van der Waals surface area contributed by atoms with Crippen LogP contribution in [0.25, 0.3) is 0 Å². The van der Waals surface area contributed by atoms with Crippen LogP contribution in [0.15, 0.2) is 0 Å². The van der Waals surface area contributed by atoms with Gasteiger partial charge in [0.05, 0.1) is 12.8 Å². The number of carbonyl (C=O) groups excluding carboxylic acids is 1. The molecule has 0 aromatic carbocycles. The summed E-state index contributed by atoms with van der Waals surface area (Å²) in [5.41, 5.74) is -2.87. The maximum absolute atomic E-state index is 10.8. The molecule has 0 aromatic rings. The topological polar surface area (TPSA) is 158 Å². The van der Waals surface area contributed by atoms with Gasteiger partial charge in [0.15, 0.2) is 5.60 Å². The zero-order valence-corrected chi connectivity index (χ0v) is 11.5. The van der Waals surface area contributed by atoms with Crippen LogP contribution in [0.2, 0.25) is 0 Å². The third-order valence-electron chi connectivity index (χ3n) is 1.44. The van der Waals surface area contributed by atoms with Crippen molar-refractivity contribution in [2.45, 2.75) is 18.4 Å². The summed E-state index contributed by atoms with van der Waals surface area (Å²) in [6.07, 6.45) is -2.49. The third kappa shape index (κ3) is 7.41. The Morgan fingerprint density at radius 1 is 1.24 bits per heavy atom. The van der Waals surface area contributed by atoms with E-state index in [0.717, 1.165) is 0 Å². The Hall–Kier alpha value is -0.520. The van der Waals surface area contributed by atoms with Crippen molar-refractivity contribution in [2.75, 3.05) is 0 Å². The molecule has 0 bridgehead atoms. The van der Waals surface area contributed by atoms with Gasteiger partial charge in [-0.15, -0.1) is 0 Å². The first kappa shape index (κ1) is 18.8. The summed E-state index contributed by atoms with van der Waals surface area (Å²) >= 11 is -2.96. The molecule has 0 saturated carbocycles. The Morgan fingerprint density at radius 3 is 2.00 bits per heavy atom. The monoisotopic (exact) mass is 280 g/mol. The van der Waals surface area contributed by atoms with Crippen molar-refractivity contribution in [3.8, 4) is 0 Å². The Kier molecular flexibility index (Phi) is 8.57. The second kappa shape index (κ2) is 7.74. The van der Waals surface area contributed by atoms with E-state index < -0.39 is 47.7 Å². The third-order valence-corrected chi connectivity index (χ3v) is 1.77. The number of aliphatic carboxylic acids is 2. The fourth-order valence-corrected chi connectivity index (χ4v) is 1.03. The van der Waals surface area contributed by atoms with Gasteiger partial charge < -0.3 is 20.9 Å². The average Bonchev–Trinajstić information content (AvgIpc) is 1.98. The van der Waals surface area contributed by atoms with E-state index in [1.807, 2.05) is 0 Å². The average molecular weight is 280 g/mol. The molecule has 0 aliphatic heterocycles. The van der Waals surface area contributed by atoms with Crippen molar-refractivity contribution in [1.82, 2.24) is 0 Å². The van der Waals surface area contributed by atoms with Crippen LogP contribution in [0.3, 0.4) is 0 Å². The molecule has 94 valence electrons. The Labute approximate surface area is 121 Å². The second-order valence-corrected chi connectivity index (χ2v) is 3.36. The molecule has 0 aliphatic carbocycles. The van der Waals surface area contributed by atoms with E-state index in [4.69, 9.17) is 14.8 Å². The number of rotatable bonds is 6. The minimum atomic E-state index is -2.96. The van der Waals surface area contributed by atoms with E-state index in [2.05, 4.69) is 4.18 Å². The zero-order chi connectivity index (χ0) is 12.9. The van der Waals surface area contributed by atoms with Crippen LogP contribution in [0.5, 0.6) is 0 Å². The molecular formula is C6H9NaO9S. The van der Waals surface area contributed by atoms with E-state index in [1.165, 1.54) is 0 Å². The molecule has 11 heteroatoms. The largest absolute Gasteiger partial charge is 1.00 e. The molecule has 4 N–H and O–H groups in total. The molecule has 0 spiro atoms. The van der Waals surface area contributed by atoms with Crippen molar-refractivity contribution >= 4 is 29.3 Å². The molecule has 2 atom stereocenters. The summed E-state index contributed by atoms with van der Waals surface area (Å²) in [5, 5.41) is 26.1. The first-order valence-electron chi connectivity index (χ1n) is 3.67. The number of carboxylic acid groups (broad SMARTS) is 2. The first-order chi connectivity index (χ1) is 7.17. The van der Waals surface area contributed by atoms with E-state index in [0.29, 0.717) is 0 Å². The van der Waals surface area contributed by atoms with Crippen LogP contribution in [-0.2, 0) is 29.9 Å². The van der Waals surface area contributed by atoms with Crippen molar-refractivity contribution in [3.63, 3.8) is 0 Å². The first-order valence-corrected chi connectivity index (χ1v) is 4.70. The summed E-state index contributed by atoms with van der Waals surface area (Å²) in [6.45, 7) is 0. The normalized spacial score (nSPS) is 14.9. The van der Waals surface area contributed by atoms with Gasteiger partial charge in [0.1, 0.15) is 0 Å². The fraction of sp³-hybridized carbons (Fsp3) is 0.500. The number of aliphatic hydroxyl groups is 1. The molecule has 9 nitrogen and oxygen atoms in total. The van der Waals surface area contributed by atoms with Crippen molar-refractivity contribution < 1.29 is 73.6 Å². The standard InChI is InChI=1S/C6H8O9S.Na.H/c7-3(8)1-6(12,5(10)11)2-4(9)15-16(13)14;;/h12H,1-2H2,(H,7,8)(H,10,11)(H,13,14);;/q;+1;-1. The van der Waals surface area contributed by atoms with Crippen molar-refractivity contribution in [1.29, 1.82) is 0 Å². The van der Waals surface area contributed by atoms with E-state index >= 15 is 0 Å². The fourth-order valence-electron chi connectivity index (χ4n) is 0.812. The Bertz CT molecular complexity index is 348. The maximum Gasteiger partial charge on any atom is 1.00 e. The number of hydrogen-bond acceptors (Lipinski definition) is 6. The molecule has 0 radical (unpaired) electrons. The Balaban J connectivity index is -0.00000112. The molecule has 0 aromatic heterocycles. The smallest absolute Gasteiger partial charge is 1.00 e. The molecular weight excluding hydrogens is 271 g/mol. The van der Waals surface area contributed by atoms with Gasteiger partial charge in [-0.3, -0.25) is 14.1 Å². The van der Waals surface area contributed by atoms with Crippen LogP contribution >= 0.6 is 0 Å². The molecule has 0 amide bonds. The van der Waals surface area contributed by atoms with Gasteiger partial charge in [0, 0.05) is 0 Å². The van der Waals surface area contributed by atoms with E-state index in [9.17, 15) is 23.7 Å². The van der Waals surface area contributed by atoms with Gasteiger partial charge in [0.25, 0.3) is 0 Å². The van der Waals surface area contributed by atoms with Crippen LogP contribution in [0.1, 0.15) is 14.3 Å². The maximum atomic E-state index is 10.8. The predicted octanol–water partition coefficient (Wildman–Crippen LogP) is -4.54. The summed E-state index contributed by atoms with van der Waals surface area (Å²) in [7, 11) is 0. The van der Waals surface area contributed by atoms with Crippen LogP contribution in [-0.4, -0.2) is 47.6 Å². The minimum absolute atomic E-state index is 0. The minimum Gasteiger partial charge on any atom is -1.00 e. The van der Waals surface area contributed by atoms with Gasteiger partial charge in [-0.1, -0.05) is 0 Å². The number of carboxylic acids is 2. The molecule has 17 heavy (non-hydrogen) atoms. The molecule has 0 heterocycles. The Morgan fingerprint density at radius 2 is 1.71 bits per heavy atom. The quantitative estimate of drug-likeness (QED) is 0.277. The van der Waals surface area contributed by atoms with Crippen LogP contribution in [0, 0.1) is 0 Å². The van der Waals surface area contributed by atoms with Crippen LogP contribution in [0.4, 0.5) is 0 Å². The van der Waals surface area contributed by atoms with Gasteiger partial charge >= 0.3 is 58.8 Å². The molecule has 0 rings (SSSR count). The van der Waals surface area contributed by atoms with E-state index in [1.54, 1.807) is 0 Å². The molecule has 0 aliphatic rings. The molecule has 0 saturated heterocycles. The van der Waals surface area contributed by atoms with Gasteiger partial charge in [-0.05, 0) is 0 Å². The SMILES string of the molecule is O=C(O)CC(O)(CC(=O)OS(=O)O)C(=O)O.[H-].[Na+]. The number of carbonyl (C=O) groups is 3. The van der Waals surface area contributed by atoms with E-state index in [-0.39, 0.29) is 31.0 Å². The van der Waals surface area contributed by atoms with Crippen molar-refractivity contribution in [3.05, 3.63) is 0 Å². The van der Waals surface area contributed by atoms with Crippen molar-refractivity contribution in [2.24, 2.45) is 0 Å². The van der Waals surface area contributed by atoms with Gasteiger partial charge in [-0.2, -0.15) is 4.21 Å². The second-order valence-electron chi connectivity index (χ2n) is 2.76. The van der Waals surface area contributed by atoms with Gasteiger partial charge in [0.2, 0.25) is 0 Å². The van der Waals surface area contributed by atoms with Crippen LogP contribution < -0.4 is 29.6 Å². The summed E-state index contributed by atoms with van der Waals surface area (Å²) < 4.78 is 21.8. The molecule has 0 fully saturated rings. The number of hydrogen-bond donors (Lipinski definition) is 4. The summed E-state index contributed by atoms with van der Waals surface area (Å²) in [4.78, 5) is 31.5. The molecule has 2 unspecified atom stereocenters.